The van der Waals surface area contributed by atoms with E-state index in [1.165, 1.54) is 11.3 Å². The summed E-state index contributed by atoms with van der Waals surface area (Å²) in [5.74, 6) is 0.963. The van der Waals surface area contributed by atoms with Crippen molar-refractivity contribution in [3.63, 3.8) is 0 Å². The summed E-state index contributed by atoms with van der Waals surface area (Å²) in [5, 5.41) is 5.42. The number of aryl methyl sites for hydroxylation is 1. The Morgan fingerprint density at radius 3 is 2.41 bits per heavy atom. The van der Waals surface area contributed by atoms with E-state index in [1.807, 2.05) is 55.5 Å². The average molecular weight is 378 g/mol. The van der Waals surface area contributed by atoms with Gasteiger partial charge >= 0.3 is 0 Å². The standard InChI is InChI=1S/C21H18N2O3S/c1-12-8-9-16(25-2)18-19(12)27-21(22-18)23-20(24)15-10-13-6-4-5-7-14(13)11-17(15)26-3/h4-11H,1-3H3,(H,22,23,24). The summed E-state index contributed by atoms with van der Waals surface area (Å²) in [7, 11) is 3.18. The van der Waals surface area contributed by atoms with E-state index in [-0.39, 0.29) is 5.91 Å². The van der Waals surface area contributed by atoms with Gasteiger partial charge in [-0.2, -0.15) is 0 Å². The Morgan fingerprint density at radius 1 is 1.00 bits per heavy atom. The van der Waals surface area contributed by atoms with E-state index in [2.05, 4.69) is 10.3 Å². The topological polar surface area (TPSA) is 60.5 Å². The normalized spacial score (nSPS) is 10.9. The van der Waals surface area contributed by atoms with Crippen molar-refractivity contribution in [2.24, 2.45) is 0 Å². The third kappa shape index (κ3) is 3.08. The number of rotatable bonds is 4. The van der Waals surface area contributed by atoms with Gasteiger partial charge < -0.3 is 9.47 Å². The predicted molar refractivity (Wildman–Crippen MR) is 109 cm³/mol. The van der Waals surface area contributed by atoms with Crippen molar-refractivity contribution in [1.82, 2.24) is 4.98 Å². The zero-order chi connectivity index (χ0) is 19.0. The van der Waals surface area contributed by atoms with Crippen molar-refractivity contribution in [3.8, 4) is 11.5 Å². The van der Waals surface area contributed by atoms with Crippen LogP contribution in [0, 0.1) is 6.92 Å². The zero-order valence-electron chi connectivity index (χ0n) is 15.2. The van der Waals surface area contributed by atoms with Gasteiger partial charge in [-0.05, 0) is 41.5 Å². The first kappa shape index (κ1) is 17.3. The number of nitrogens with zero attached hydrogens (tertiary/aromatic N) is 1. The van der Waals surface area contributed by atoms with Gasteiger partial charge in [-0.15, -0.1) is 0 Å². The third-order valence-corrected chi connectivity index (χ3v) is 5.56. The number of ether oxygens (including phenoxy) is 2. The Bertz CT molecular complexity index is 1170. The molecule has 136 valence electrons. The molecule has 5 nitrogen and oxygen atoms in total. The number of methoxy groups -OCH3 is 2. The van der Waals surface area contributed by atoms with Gasteiger partial charge in [0.1, 0.15) is 17.0 Å². The van der Waals surface area contributed by atoms with E-state index < -0.39 is 0 Å². The van der Waals surface area contributed by atoms with Crippen molar-refractivity contribution >= 4 is 43.4 Å². The van der Waals surface area contributed by atoms with Crippen LogP contribution < -0.4 is 14.8 Å². The van der Waals surface area contributed by atoms with E-state index in [9.17, 15) is 4.79 Å². The summed E-state index contributed by atoms with van der Waals surface area (Å²) in [4.78, 5) is 17.4. The van der Waals surface area contributed by atoms with Gasteiger partial charge in [0.05, 0.1) is 24.5 Å². The van der Waals surface area contributed by atoms with Crippen molar-refractivity contribution in [3.05, 3.63) is 59.7 Å². The lowest BCUT2D eigenvalue weighted by atomic mass is 10.1. The van der Waals surface area contributed by atoms with Gasteiger partial charge in [0.15, 0.2) is 5.13 Å². The highest BCUT2D eigenvalue weighted by Gasteiger charge is 2.17. The zero-order valence-corrected chi connectivity index (χ0v) is 16.0. The molecular weight excluding hydrogens is 360 g/mol. The Labute approximate surface area is 160 Å². The first-order chi connectivity index (χ1) is 13.1. The fourth-order valence-electron chi connectivity index (χ4n) is 3.06. The summed E-state index contributed by atoms with van der Waals surface area (Å²) in [6.45, 7) is 2.01. The largest absolute Gasteiger partial charge is 0.496 e. The molecule has 0 spiro atoms. The van der Waals surface area contributed by atoms with Gasteiger partial charge in [0.25, 0.3) is 5.91 Å². The Kier molecular flexibility index (Phi) is 4.41. The number of nitrogens with one attached hydrogen (secondary N) is 1. The number of anilines is 1. The number of aromatic nitrogens is 1. The predicted octanol–water partition coefficient (Wildman–Crippen LogP) is 5.03. The van der Waals surface area contributed by atoms with E-state index in [0.717, 1.165) is 26.6 Å². The Morgan fingerprint density at radius 2 is 1.70 bits per heavy atom. The van der Waals surface area contributed by atoms with Crippen molar-refractivity contribution < 1.29 is 14.3 Å². The molecule has 4 aromatic rings. The smallest absolute Gasteiger partial charge is 0.261 e. The maximum Gasteiger partial charge on any atom is 0.261 e. The van der Waals surface area contributed by atoms with Crippen molar-refractivity contribution in [1.29, 1.82) is 0 Å². The molecule has 6 heteroatoms. The minimum atomic E-state index is -0.256. The van der Waals surface area contributed by atoms with Gasteiger partial charge in [-0.25, -0.2) is 4.98 Å². The average Bonchev–Trinajstić information content (AvgIpc) is 3.11. The highest BCUT2D eigenvalue weighted by atomic mass is 32.1. The fourth-order valence-corrected chi connectivity index (χ4v) is 4.00. The Hall–Kier alpha value is -3.12. The molecule has 0 atom stereocenters. The lowest BCUT2D eigenvalue weighted by molar-refractivity contribution is 0.102. The van der Waals surface area contributed by atoms with Gasteiger partial charge in [0.2, 0.25) is 0 Å². The SMILES string of the molecule is COc1cc2ccccc2cc1C(=O)Nc1nc2c(OC)ccc(C)c2s1. The Balaban J connectivity index is 1.73. The van der Waals surface area contributed by atoms with Gasteiger partial charge in [-0.3, -0.25) is 10.1 Å². The first-order valence-electron chi connectivity index (χ1n) is 8.43. The molecule has 1 aromatic heterocycles. The molecule has 1 heterocycles. The van der Waals surface area contributed by atoms with Crippen LogP contribution in [0.5, 0.6) is 11.5 Å². The molecule has 27 heavy (non-hydrogen) atoms. The van der Waals surface area contributed by atoms with E-state index >= 15 is 0 Å². The van der Waals surface area contributed by atoms with Crippen LogP contribution in [0.2, 0.25) is 0 Å². The molecule has 0 saturated heterocycles. The molecule has 1 N–H and O–H groups in total. The molecule has 0 aliphatic heterocycles. The van der Waals surface area contributed by atoms with Crippen LogP contribution in [0.15, 0.2) is 48.5 Å². The monoisotopic (exact) mass is 378 g/mol. The van der Waals surface area contributed by atoms with Crippen LogP contribution in [0.3, 0.4) is 0 Å². The van der Waals surface area contributed by atoms with E-state index in [1.54, 1.807) is 14.2 Å². The lowest BCUT2D eigenvalue weighted by Crippen LogP contribution is -2.13. The number of amides is 1. The highest BCUT2D eigenvalue weighted by molar-refractivity contribution is 7.22. The molecule has 0 unspecified atom stereocenters. The molecule has 0 bridgehead atoms. The molecule has 4 rings (SSSR count). The van der Waals surface area contributed by atoms with Crippen LogP contribution in [0.25, 0.3) is 21.0 Å². The molecule has 0 aliphatic rings. The summed E-state index contributed by atoms with van der Waals surface area (Å²) in [6, 6.07) is 15.4. The van der Waals surface area contributed by atoms with E-state index in [0.29, 0.717) is 22.2 Å². The molecule has 1 amide bonds. The molecule has 0 saturated carbocycles. The quantitative estimate of drug-likeness (QED) is 0.541. The summed E-state index contributed by atoms with van der Waals surface area (Å²) >= 11 is 1.43. The van der Waals surface area contributed by atoms with Gasteiger partial charge in [-0.1, -0.05) is 41.7 Å². The second-order valence-electron chi connectivity index (χ2n) is 6.14. The van der Waals surface area contributed by atoms with Gasteiger partial charge in [0, 0.05) is 0 Å². The minimum Gasteiger partial charge on any atom is -0.496 e. The van der Waals surface area contributed by atoms with Crippen LogP contribution in [-0.2, 0) is 0 Å². The number of carbonyl (C=O) groups is 1. The van der Waals surface area contributed by atoms with Crippen molar-refractivity contribution in [2.45, 2.75) is 6.92 Å². The number of carbonyl (C=O) groups excluding carboxylic acids is 1. The van der Waals surface area contributed by atoms with Crippen LogP contribution in [0.4, 0.5) is 5.13 Å². The number of fused-ring (bicyclic) bond motifs is 2. The van der Waals surface area contributed by atoms with Crippen molar-refractivity contribution in [2.75, 3.05) is 19.5 Å². The first-order valence-corrected chi connectivity index (χ1v) is 9.24. The number of benzene rings is 3. The molecule has 0 aliphatic carbocycles. The number of hydrogen-bond acceptors (Lipinski definition) is 5. The summed E-state index contributed by atoms with van der Waals surface area (Å²) in [5.41, 5.74) is 2.31. The molecule has 3 aromatic carbocycles. The maximum absolute atomic E-state index is 12.9. The minimum absolute atomic E-state index is 0.256. The second kappa shape index (κ2) is 6.89. The summed E-state index contributed by atoms with van der Waals surface area (Å²) < 4.78 is 11.8. The molecular formula is C21H18N2O3S. The van der Waals surface area contributed by atoms with Crippen LogP contribution >= 0.6 is 11.3 Å². The van der Waals surface area contributed by atoms with E-state index in [4.69, 9.17) is 9.47 Å². The van der Waals surface area contributed by atoms with Crippen LogP contribution in [0.1, 0.15) is 15.9 Å². The number of hydrogen-bond donors (Lipinski definition) is 1. The maximum atomic E-state index is 12.9. The third-order valence-electron chi connectivity index (χ3n) is 4.46. The lowest BCUT2D eigenvalue weighted by Gasteiger charge is -2.10. The number of thiazole rings is 1. The van der Waals surface area contributed by atoms with Crippen LogP contribution in [-0.4, -0.2) is 25.1 Å². The fraction of sp³-hybridized carbons (Fsp3) is 0.143. The second-order valence-corrected chi connectivity index (χ2v) is 7.13. The molecule has 0 radical (unpaired) electrons. The highest BCUT2D eigenvalue weighted by Crippen LogP contribution is 2.35. The molecule has 0 fully saturated rings. The summed E-state index contributed by atoms with van der Waals surface area (Å²) in [6.07, 6.45) is 0.